The predicted octanol–water partition coefficient (Wildman–Crippen LogP) is 4.82. The number of carbonyl (C=O) groups excluding carboxylic acids is 2. The zero-order chi connectivity index (χ0) is 20.8. The summed E-state index contributed by atoms with van der Waals surface area (Å²) in [5, 5.41) is 0.852. The van der Waals surface area contributed by atoms with Crippen LogP contribution in [0.4, 0.5) is 0 Å². The van der Waals surface area contributed by atoms with Crippen LogP contribution in [0, 0.1) is 0 Å². The molecule has 2 rings (SSSR count). The fraction of sp³-hybridized carbons (Fsp3) is 0.200. The minimum absolute atomic E-state index is 0.0234. The first-order valence-corrected chi connectivity index (χ1v) is 10.1. The number of fused-ring (bicyclic) bond motifs is 1. The Balaban J connectivity index is 2.53. The van der Waals surface area contributed by atoms with Crippen LogP contribution in [-0.4, -0.2) is 25.2 Å². The molecule has 0 saturated carbocycles. The van der Waals surface area contributed by atoms with E-state index < -0.39 is 22.4 Å². The number of hydrogen-bond donors (Lipinski definition) is 4. The van der Waals surface area contributed by atoms with Gasteiger partial charge in [0.2, 0.25) is 0 Å². The van der Waals surface area contributed by atoms with Crippen LogP contribution in [0.5, 0.6) is 0 Å². The zero-order valence-corrected chi connectivity index (χ0v) is 18.4. The van der Waals surface area contributed by atoms with Crippen molar-refractivity contribution in [2.75, 3.05) is 13.2 Å². The Morgan fingerprint density at radius 1 is 0.857 bits per heavy atom. The molecule has 8 heteroatoms. The quantitative estimate of drug-likeness (QED) is 0.264. The Hall–Kier alpha value is -1.48. The minimum atomic E-state index is -0.537. The van der Waals surface area contributed by atoms with Gasteiger partial charge in [0.1, 0.15) is 13.2 Å². The van der Waals surface area contributed by atoms with Gasteiger partial charge in [-0.3, -0.25) is 0 Å². The molecule has 4 nitrogen and oxygen atoms in total. The van der Waals surface area contributed by atoms with Crippen LogP contribution in [0.15, 0.2) is 59.4 Å². The maximum absolute atomic E-state index is 11.4. The van der Waals surface area contributed by atoms with Crippen LogP contribution in [-0.2, 0) is 19.1 Å². The molecule has 2 aromatic carbocycles. The molecular weight excluding hydrogens is 432 g/mol. The molecule has 2 unspecified atom stereocenters. The van der Waals surface area contributed by atoms with Crippen LogP contribution in [0.25, 0.3) is 10.8 Å². The normalized spacial score (nSPS) is 12.9. The van der Waals surface area contributed by atoms with Gasteiger partial charge in [-0.15, -0.1) is 25.3 Å². The molecule has 2 atom stereocenters. The predicted molar refractivity (Wildman–Crippen MR) is 124 cm³/mol. The summed E-state index contributed by atoms with van der Waals surface area (Å²) in [5.41, 5.74) is 1.48. The van der Waals surface area contributed by atoms with Gasteiger partial charge in [0.15, 0.2) is 0 Å². The molecule has 0 amide bonds. The van der Waals surface area contributed by atoms with Crippen molar-refractivity contribution in [1.82, 2.24) is 0 Å². The molecule has 2 aromatic rings. The third-order valence-electron chi connectivity index (χ3n) is 4.00. The molecule has 0 radical (unpaired) electrons. The number of ether oxygens (including phenoxy) is 2. The Morgan fingerprint density at radius 2 is 1.32 bits per heavy atom. The molecule has 0 aliphatic heterocycles. The lowest BCUT2D eigenvalue weighted by Gasteiger charge is -2.24. The molecule has 0 aliphatic rings. The molecule has 0 aliphatic carbocycles. The molecule has 0 N–H and O–H groups in total. The molecule has 0 saturated heterocycles. The first-order valence-electron chi connectivity index (χ1n) is 8.22. The smallest absolute Gasteiger partial charge is 0.330 e. The lowest BCUT2D eigenvalue weighted by Crippen LogP contribution is -2.12. The van der Waals surface area contributed by atoms with Crippen LogP contribution < -0.4 is 0 Å². The fourth-order valence-electron chi connectivity index (χ4n) is 2.71. The summed E-state index contributed by atoms with van der Waals surface area (Å²) in [4.78, 5) is 24.1. The highest BCUT2D eigenvalue weighted by Gasteiger charge is 2.24. The standard InChI is InChI=1S/C20H20O4S4/c1-3-15(21)23-9-13(25)17-11-7-5-6-8-12(11)19(27)18(20(17)28)14(26)10-24-16(22)4-2/h3-8,13-14,25-28H,1-2,9-10H2. The largest absolute Gasteiger partial charge is 0.461 e. The molecule has 0 aromatic heterocycles. The number of carbonyl (C=O) groups is 2. The van der Waals surface area contributed by atoms with E-state index in [4.69, 9.17) is 22.1 Å². The van der Waals surface area contributed by atoms with Crippen LogP contribution >= 0.6 is 50.5 Å². The Bertz CT molecular complexity index is 926. The van der Waals surface area contributed by atoms with Gasteiger partial charge in [0.05, 0.1) is 10.5 Å². The first kappa shape index (κ1) is 22.8. The van der Waals surface area contributed by atoms with E-state index >= 15 is 0 Å². The monoisotopic (exact) mass is 452 g/mol. The molecule has 148 valence electrons. The number of benzene rings is 2. The maximum Gasteiger partial charge on any atom is 0.330 e. The van der Waals surface area contributed by atoms with Gasteiger partial charge in [-0.2, -0.15) is 25.3 Å². The SMILES string of the molecule is C=CC(=O)OCC(S)c1c(S)c(C(S)COC(=O)C=C)c2ccccc2c1S. The summed E-state index contributed by atoms with van der Waals surface area (Å²) in [6, 6.07) is 7.64. The highest BCUT2D eigenvalue weighted by atomic mass is 32.1. The van der Waals surface area contributed by atoms with Crippen molar-refractivity contribution in [1.29, 1.82) is 0 Å². The Morgan fingerprint density at radius 3 is 1.82 bits per heavy atom. The highest BCUT2D eigenvalue weighted by Crippen LogP contribution is 2.44. The van der Waals surface area contributed by atoms with Crippen LogP contribution in [0.1, 0.15) is 21.6 Å². The van der Waals surface area contributed by atoms with Crippen molar-refractivity contribution in [3.8, 4) is 0 Å². The topological polar surface area (TPSA) is 52.6 Å². The molecule has 0 heterocycles. The van der Waals surface area contributed by atoms with Gasteiger partial charge in [-0.25, -0.2) is 9.59 Å². The first-order chi connectivity index (χ1) is 13.3. The van der Waals surface area contributed by atoms with E-state index in [1.54, 1.807) is 0 Å². The van der Waals surface area contributed by atoms with Crippen molar-refractivity contribution in [3.05, 3.63) is 60.7 Å². The molecule has 28 heavy (non-hydrogen) atoms. The zero-order valence-electron chi connectivity index (χ0n) is 14.9. The lowest BCUT2D eigenvalue weighted by atomic mass is 9.96. The van der Waals surface area contributed by atoms with Crippen molar-refractivity contribution < 1.29 is 19.1 Å². The van der Waals surface area contributed by atoms with Crippen molar-refractivity contribution in [2.45, 2.75) is 20.3 Å². The summed E-state index contributed by atoms with van der Waals surface area (Å²) in [6.45, 7) is 6.83. The van der Waals surface area contributed by atoms with Gasteiger partial charge in [-0.1, -0.05) is 37.4 Å². The van der Waals surface area contributed by atoms with Gasteiger partial charge in [0, 0.05) is 21.9 Å². The van der Waals surface area contributed by atoms with Gasteiger partial charge < -0.3 is 9.47 Å². The second kappa shape index (κ2) is 10.3. The summed E-state index contributed by atoms with van der Waals surface area (Å²) >= 11 is 18.6. The number of hydrogen-bond acceptors (Lipinski definition) is 8. The Labute approximate surface area is 186 Å². The summed E-state index contributed by atoms with van der Waals surface area (Å²) in [5.74, 6) is -1.07. The second-order valence-corrected chi connectivity index (χ2v) is 7.91. The molecule has 0 bridgehead atoms. The van der Waals surface area contributed by atoms with E-state index in [1.165, 1.54) is 0 Å². The number of thiol groups is 4. The van der Waals surface area contributed by atoms with Crippen molar-refractivity contribution in [2.24, 2.45) is 0 Å². The van der Waals surface area contributed by atoms with Crippen LogP contribution in [0.2, 0.25) is 0 Å². The number of rotatable bonds is 8. The van der Waals surface area contributed by atoms with E-state index in [2.05, 4.69) is 51.0 Å². The summed E-state index contributed by atoms with van der Waals surface area (Å²) in [6.07, 6.45) is 2.19. The third kappa shape index (κ3) is 5.11. The molecular formula is C20H20O4S4. The van der Waals surface area contributed by atoms with E-state index in [1.807, 2.05) is 24.3 Å². The summed E-state index contributed by atoms with van der Waals surface area (Å²) in [7, 11) is 0. The van der Waals surface area contributed by atoms with E-state index in [0.29, 0.717) is 15.4 Å². The van der Waals surface area contributed by atoms with Crippen LogP contribution in [0.3, 0.4) is 0 Å². The molecule has 0 spiro atoms. The fourth-order valence-corrected chi connectivity index (χ4v) is 4.79. The van der Waals surface area contributed by atoms with Gasteiger partial charge in [-0.05, 0) is 21.9 Å². The second-order valence-electron chi connectivity index (χ2n) is 5.77. The van der Waals surface area contributed by atoms with Crippen molar-refractivity contribution >= 4 is 73.2 Å². The average Bonchev–Trinajstić information content (AvgIpc) is 2.70. The lowest BCUT2D eigenvalue weighted by molar-refractivity contribution is -0.138. The van der Waals surface area contributed by atoms with E-state index in [-0.39, 0.29) is 13.2 Å². The third-order valence-corrected chi connectivity index (χ3v) is 5.78. The van der Waals surface area contributed by atoms with E-state index in [9.17, 15) is 9.59 Å². The van der Waals surface area contributed by atoms with Gasteiger partial charge in [0.25, 0.3) is 0 Å². The summed E-state index contributed by atoms with van der Waals surface area (Å²) < 4.78 is 10.3. The van der Waals surface area contributed by atoms with Gasteiger partial charge >= 0.3 is 11.9 Å². The highest BCUT2D eigenvalue weighted by molar-refractivity contribution is 7.82. The average molecular weight is 453 g/mol. The molecule has 0 fully saturated rings. The minimum Gasteiger partial charge on any atom is -0.461 e. The van der Waals surface area contributed by atoms with Crippen molar-refractivity contribution in [3.63, 3.8) is 0 Å². The maximum atomic E-state index is 11.4. The number of esters is 2. The van der Waals surface area contributed by atoms with E-state index in [0.717, 1.165) is 28.5 Å². The Kier molecular flexibility index (Phi) is 8.42.